The highest BCUT2D eigenvalue weighted by Crippen LogP contribution is 2.51. The molecule has 37 heavy (non-hydrogen) atoms. The maximum absolute atomic E-state index is 11.8. The molecule has 0 amide bonds. The molecule has 198 valence electrons. The predicted molar refractivity (Wildman–Crippen MR) is 152 cm³/mol. The number of aryl methyl sites for hydroxylation is 2. The second kappa shape index (κ2) is 8.92. The monoisotopic (exact) mass is 539 g/mol. The molecule has 7 rings (SSSR count). The fourth-order valence-corrected chi connectivity index (χ4v) is 8.94. The number of rotatable bonds is 6. The highest BCUT2D eigenvalue weighted by Gasteiger charge is 2.42. The van der Waals surface area contributed by atoms with Gasteiger partial charge in [-0.25, -0.2) is 17.9 Å². The highest BCUT2D eigenvalue weighted by atomic mass is 32.2. The Bertz CT molecular complexity index is 1610. The van der Waals surface area contributed by atoms with Gasteiger partial charge >= 0.3 is 0 Å². The van der Waals surface area contributed by atoms with Crippen LogP contribution >= 0.6 is 11.3 Å². The summed E-state index contributed by atoms with van der Waals surface area (Å²) in [6.07, 6.45) is 8.67. The van der Waals surface area contributed by atoms with E-state index in [1.165, 1.54) is 67.7 Å². The van der Waals surface area contributed by atoms with E-state index < -0.39 is 9.84 Å². The number of piperidine rings is 2. The molecule has 1 unspecified atom stereocenters. The van der Waals surface area contributed by atoms with Crippen LogP contribution in [-0.4, -0.2) is 64.0 Å². The summed E-state index contributed by atoms with van der Waals surface area (Å²) in [5.41, 5.74) is 8.56. The summed E-state index contributed by atoms with van der Waals surface area (Å²) in [6, 6.07) is 0.497. The number of hydrogen-bond donors (Lipinski definition) is 1. The average molecular weight is 540 g/mol. The van der Waals surface area contributed by atoms with E-state index in [1.54, 1.807) is 6.33 Å². The molecular formula is C28H37N5O2S2. The molecule has 4 aromatic heterocycles. The van der Waals surface area contributed by atoms with Gasteiger partial charge < -0.3 is 4.98 Å². The van der Waals surface area contributed by atoms with Crippen LogP contribution in [-0.2, 0) is 9.84 Å². The molecule has 1 N–H and O–H groups in total. The zero-order chi connectivity index (χ0) is 26.2. The van der Waals surface area contributed by atoms with Crippen LogP contribution in [0, 0.1) is 26.7 Å². The summed E-state index contributed by atoms with van der Waals surface area (Å²) >= 11 is 1.95. The Morgan fingerprint density at radius 3 is 2.62 bits per heavy atom. The SMILES string of the molecule is Cc1c(-c2[nH]c3sc([C@@H]4CC5CC[C@H]4CN5CCS(C)(=O)=O)c(C)c3c2C(C)C)cn2ncnc2c1C. The number of hydrogen-bond acceptors (Lipinski definition) is 6. The van der Waals surface area contributed by atoms with Crippen molar-refractivity contribution in [3.05, 3.63) is 39.7 Å². The lowest BCUT2D eigenvalue weighted by atomic mass is 9.70. The summed E-state index contributed by atoms with van der Waals surface area (Å²) in [7, 11) is -2.93. The van der Waals surface area contributed by atoms with Crippen molar-refractivity contribution >= 4 is 37.0 Å². The lowest BCUT2D eigenvalue weighted by molar-refractivity contribution is 0.0377. The number of thiophene rings is 1. The zero-order valence-corrected chi connectivity index (χ0v) is 24.3. The van der Waals surface area contributed by atoms with E-state index in [0.29, 0.717) is 30.3 Å². The average Bonchev–Trinajstić information content (AvgIpc) is 3.54. The van der Waals surface area contributed by atoms with Crippen LogP contribution in [0.25, 0.3) is 27.1 Å². The maximum Gasteiger partial charge on any atom is 0.158 e. The van der Waals surface area contributed by atoms with Crippen molar-refractivity contribution in [2.75, 3.05) is 25.1 Å². The molecule has 0 aromatic carbocycles. The number of sulfone groups is 1. The third kappa shape index (κ3) is 4.14. The van der Waals surface area contributed by atoms with Gasteiger partial charge in [0.05, 0.1) is 11.4 Å². The van der Waals surface area contributed by atoms with Gasteiger partial charge in [-0.15, -0.1) is 11.3 Å². The van der Waals surface area contributed by atoms with Crippen LogP contribution in [0.1, 0.15) is 72.1 Å². The van der Waals surface area contributed by atoms with Gasteiger partial charge in [0.2, 0.25) is 0 Å². The summed E-state index contributed by atoms with van der Waals surface area (Å²) < 4.78 is 25.4. The molecule has 1 aliphatic carbocycles. The minimum Gasteiger partial charge on any atom is -0.346 e. The molecule has 3 atom stereocenters. The number of nitrogens with zero attached hydrogens (tertiary/aromatic N) is 4. The van der Waals surface area contributed by atoms with E-state index in [9.17, 15) is 8.42 Å². The normalized spacial score (nSPS) is 22.7. The topological polar surface area (TPSA) is 83.4 Å². The lowest BCUT2D eigenvalue weighted by Gasteiger charge is -2.49. The van der Waals surface area contributed by atoms with E-state index in [2.05, 4.69) is 60.8 Å². The van der Waals surface area contributed by atoms with Gasteiger partial charge in [0.1, 0.15) is 21.0 Å². The molecule has 7 nitrogen and oxygen atoms in total. The van der Waals surface area contributed by atoms with Crippen molar-refractivity contribution in [3.8, 4) is 11.3 Å². The van der Waals surface area contributed by atoms with Crippen LogP contribution in [0.2, 0.25) is 0 Å². The number of nitrogens with one attached hydrogen (secondary N) is 1. The van der Waals surface area contributed by atoms with Gasteiger partial charge in [-0.2, -0.15) is 5.10 Å². The minimum absolute atomic E-state index is 0.266. The molecule has 4 aromatic rings. The van der Waals surface area contributed by atoms with Crippen LogP contribution in [0.5, 0.6) is 0 Å². The third-order valence-corrected chi connectivity index (χ3v) is 11.2. The Balaban J connectivity index is 1.38. The van der Waals surface area contributed by atoms with Crippen LogP contribution in [0.4, 0.5) is 0 Å². The van der Waals surface area contributed by atoms with E-state index in [1.807, 2.05) is 15.9 Å². The zero-order valence-electron chi connectivity index (χ0n) is 22.6. The quantitative estimate of drug-likeness (QED) is 0.345. The molecule has 2 aliphatic heterocycles. The second-order valence-corrected chi connectivity index (χ2v) is 15.0. The standard InChI is InChI=1S/C28H37N5O2S2/c1-15(2)23-24-18(5)26(21-11-20-8-7-19(21)12-32(20)9-10-37(6,34)35)36-28(24)31-25(23)22-13-33-27(29-14-30-33)17(4)16(22)3/h13-15,19-21,31H,7-12H2,1-6H3/t19-,20?,21+/m0/s1. The van der Waals surface area contributed by atoms with Crippen LogP contribution < -0.4 is 0 Å². The van der Waals surface area contributed by atoms with Gasteiger partial charge in [-0.05, 0) is 80.0 Å². The Kier molecular flexibility index (Phi) is 6.04. The molecule has 0 radical (unpaired) electrons. The molecule has 3 aliphatic rings. The first kappa shape index (κ1) is 25.1. The van der Waals surface area contributed by atoms with E-state index in [-0.39, 0.29) is 5.75 Å². The van der Waals surface area contributed by atoms with E-state index in [4.69, 9.17) is 0 Å². The number of aromatic amines is 1. The van der Waals surface area contributed by atoms with Crippen molar-refractivity contribution in [1.82, 2.24) is 24.5 Å². The summed E-state index contributed by atoms with van der Waals surface area (Å²) in [6.45, 7) is 12.9. The third-order valence-electron chi connectivity index (χ3n) is 8.97. The van der Waals surface area contributed by atoms with Crippen LogP contribution in [0.15, 0.2) is 12.5 Å². The minimum atomic E-state index is -2.93. The molecular weight excluding hydrogens is 502 g/mol. The summed E-state index contributed by atoms with van der Waals surface area (Å²) in [5, 5.41) is 5.83. The Morgan fingerprint density at radius 1 is 1.16 bits per heavy atom. The lowest BCUT2D eigenvalue weighted by Crippen LogP contribution is -2.52. The molecule has 1 saturated carbocycles. The first-order valence-corrected chi connectivity index (χ1v) is 16.3. The maximum atomic E-state index is 11.8. The number of H-pyrrole nitrogens is 1. The Morgan fingerprint density at radius 2 is 1.95 bits per heavy atom. The van der Waals surface area contributed by atoms with Gasteiger partial charge in [0, 0.05) is 47.4 Å². The van der Waals surface area contributed by atoms with Crippen molar-refractivity contribution in [2.24, 2.45) is 5.92 Å². The molecule has 9 heteroatoms. The molecule has 2 saturated heterocycles. The van der Waals surface area contributed by atoms with E-state index in [0.717, 1.165) is 18.6 Å². The Labute approximate surface area is 223 Å². The molecule has 3 fully saturated rings. The van der Waals surface area contributed by atoms with Crippen LogP contribution in [0.3, 0.4) is 0 Å². The fraction of sp³-hybridized carbons (Fsp3) is 0.571. The number of pyridine rings is 1. The van der Waals surface area contributed by atoms with Crippen molar-refractivity contribution < 1.29 is 8.42 Å². The number of fused-ring (bicyclic) bond motifs is 5. The van der Waals surface area contributed by atoms with Crippen molar-refractivity contribution in [3.63, 3.8) is 0 Å². The summed E-state index contributed by atoms with van der Waals surface area (Å²) in [4.78, 5) is 13.6. The predicted octanol–water partition coefficient (Wildman–Crippen LogP) is 5.60. The van der Waals surface area contributed by atoms with Gasteiger partial charge in [-0.3, -0.25) is 4.90 Å². The molecule has 2 bridgehead atoms. The highest BCUT2D eigenvalue weighted by molar-refractivity contribution is 7.90. The van der Waals surface area contributed by atoms with Gasteiger partial charge in [0.25, 0.3) is 0 Å². The first-order valence-electron chi connectivity index (χ1n) is 13.4. The second-order valence-electron chi connectivity index (χ2n) is 11.6. The summed E-state index contributed by atoms with van der Waals surface area (Å²) in [5.74, 6) is 1.82. The van der Waals surface area contributed by atoms with Crippen molar-refractivity contribution in [2.45, 2.75) is 71.8 Å². The first-order chi connectivity index (χ1) is 17.5. The Hall–Kier alpha value is -2.23. The van der Waals surface area contributed by atoms with Gasteiger partial charge in [-0.1, -0.05) is 13.8 Å². The molecule has 6 heterocycles. The van der Waals surface area contributed by atoms with Crippen molar-refractivity contribution in [1.29, 1.82) is 0 Å². The van der Waals surface area contributed by atoms with E-state index >= 15 is 0 Å². The largest absolute Gasteiger partial charge is 0.346 e. The smallest absolute Gasteiger partial charge is 0.158 e. The molecule has 0 spiro atoms. The fourth-order valence-electron chi connectivity index (χ4n) is 6.94. The van der Waals surface area contributed by atoms with Gasteiger partial charge in [0.15, 0.2) is 5.65 Å². The number of aromatic nitrogens is 4.